The number of nitrogens with zero attached hydrogens (tertiary/aromatic N) is 3. The molecule has 1 atom stereocenters. The van der Waals surface area contributed by atoms with Crippen LogP contribution < -0.4 is 20.5 Å². The van der Waals surface area contributed by atoms with E-state index in [1.807, 2.05) is 0 Å². The topological polar surface area (TPSA) is 126 Å². The highest BCUT2D eigenvalue weighted by molar-refractivity contribution is 6.16. The average Bonchev–Trinajstić information content (AvgIpc) is 3.00. The molecule has 2 heterocycles. The zero-order valence-corrected chi connectivity index (χ0v) is 23.9. The second kappa shape index (κ2) is 13.0. The second-order valence-electron chi connectivity index (χ2n) is 10.4. The van der Waals surface area contributed by atoms with Crippen molar-refractivity contribution >= 4 is 23.3 Å². The van der Waals surface area contributed by atoms with Crippen LogP contribution in [0, 0.1) is 5.41 Å². The van der Waals surface area contributed by atoms with Gasteiger partial charge in [0.1, 0.15) is 41.8 Å². The standard InChI is InChI=1S/C32H31F3N6O3/c1-20(42)41-15-5-7-23(17-41)40-31-28(30(37)38-19-39-31)29(36)21-11-13-24(14-12-21)44-26-9-4-8-25(16-26)43-18-22-6-2-3-10-27(22)32(33,34)35/h2-4,6,8-14,16,19,23,36H,5,7,15,17-18H2,1H3,(H3,37,38,39,40). The van der Waals surface area contributed by atoms with E-state index in [1.165, 1.54) is 24.5 Å². The highest BCUT2D eigenvalue weighted by atomic mass is 19.4. The van der Waals surface area contributed by atoms with Crippen LogP contribution in [0.3, 0.4) is 0 Å². The number of piperidine rings is 1. The summed E-state index contributed by atoms with van der Waals surface area (Å²) in [5, 5.41) is 12.2. The van der Waals surface area contributed by atoms with Crippen LogP contribution in [-0.2, 0) is 17.6 Å². The lowest BCUT2D eigenvalue weighted by atomic mass is 10.0. The molecule has 1 amide bonds. The highest BCUT2D eigenvalue weighted by Crippen LogP contribution is 2.33. The summed E-state index contributed by atoms with van der Waals surface area (Å²) in [7, 11) is 0. The van der Waals surface area contributed by atoms with Gasteiger partial charge in [-0.1, -0.05) is 24.3 Å². The molecule has 228 valence electrons. The molecule has 9 nitrogen and oxygen atoms in total. The fraction of sp³-hybridized carbons (Fsp3) is 0.250. The lowest BCUT2D eigenvalue weighted by molar-refractivity contribution is -0.138. The van der Waals surface area contributed by atoms with Crippen molar-refractivity contribution in [2.45, 2.75) is 38.6 Å². The summed E-state index contributed by atoms with van der Waals surface area (Å²) in [6.45, 7) is 2.54. The maximum atomic E-state index is 13.3. The Morgan fingerprint density at radius 2 is 1.80 bits per heavy atom. The third-order valence-electron chi connectivity index (χ3n) is 7.24. The van der Waals surface area contributed by atoms with Crippen LogP contribution in [0.4, 0.5) is 24.8 Å². The predicted octanol–water partition coefficient (Wildman–Crippen LogP) is 6.29. The molecule has 0 bridgehead atoms. The summed E-state index contributed by atoms with van der Waals surface area (Å²) in [6, 6.07) is 18.6. The van der Waals surface area contributed by atoms with E-state index in [0.717, 1.165) is 18.9 Å². The summed E-state index contributed by atoms with van der Waals surface area (Å²) in [5.41, 5.74) is 6.51. The molecule has 1 fully saturated rings. The number of nitrogens with two attached hydrogens (primary N) is 1. The molecule has 44 heavy (non-hydrogen) atoms. The summed E-state index contributed by atoms with van der Waals surface area (Å²) in [4.78, 5) is 22.1. The van der Waals surface area contributed by atoms with Crippen molar-refractivity contribution in [3.8, 4) is 17.2 Å². The molecule has 0 spiro atoms. The number of anilines is 2. The predicted molar refractivity (Wildman–Crippen MR) is 160 cm³/mol. The Labute approximate surface area is 252 Å². The molecule has 4 N–H and O–H groups in total. The highest BCUT2D eigenvalue weighted by Gasteiger charge is 2.33. The van der Waals surface area contributed by atoms with Crippen LogP contribution in [-0.4, -0.2) is 45.6 Å². The number of carbonyl (C=O) groups is 1. The van der Waals surface area contributed by atoms with Crippen molar-refractivity contribution in [1.29, 1.82) is 5.41 Å². The van der Waals surface area contributed by atoms with Gasteiger partial charge in [-0.2, -0.15) is 13.2 Å². The molecule has 5 rings (SSSR count). The lowest BCUT2D eigenvalue weighted by Crippen LogP contribution is -2.44. The molecule has 1 saturated heterocycles. The zero-order chi connectivity index (χ0) is 31.3. The van der Waals surface area contributed by atoms with E-state index in [9.17, 15) is 18.0 Å². The maximum Gasteiger partial charge on any atom is 0.416 e. The third-order valence-corrected chi connectivity index (χ3v) is 7.24. The van der Waals surface area contributed by atoms with E-state index in [-0.39, 0.29) is 35.6 Å². The molecule has 1 aromatic heterocycles. The Morgan fingerprint density at radius 1 is 1.05 bits per heavy atom. The monoisotopic (exact) mass is 604 g/mol. The Hall–Kier alpha value is -5.13. The Bertz CT molecular complexity index is 1650. The smallest absolute Gasteiger partial charge is 0.416 e. The summed E-state index contributed by atoms with van der Waals surface area (Å²) in [6.07, 6.45) is -1.44. The number of alkyl halides is 3. The van der Waals surface area contributed by atoms with Crippen LogP contribution in [0.5, 0.6) is 17.2 Å². The largest absolute Gasteiger partial charge is 0.489 e. The first-order valence-electron chi connectivity index (χ1n) is 14.0. The average molecular weight is 605 g/mol. The van der Waals surface area contributed by atoms with E-state index in [4.69, 9.17) is 20.6 Å². The Morgan fingerprint density at radius 3 is 2.55 bits per heavy atom. The minimum atomic E-state index is -4.47. The first kappa shape index (κ1) is 30.3. The molecule has 1 aliphatic heterocycles. The number of rotatable bonds is 9. The number of halogens is 3. The quantitative estimate of drug-likeness (QED) is 0.192. The number of aromatic nitrogens is 2. The van der Waals surface area contributed by atoms with Gasteiger partial charge in [0.25, 0.3) is 0 Å². The number of nitrogens with one attached hydrogen (secondary N) is 2. The first-order valence-corrected chi connectivity index (χ1v) is 14.0. The molecular weight excluding hydrogens is 573 g/mol. The number of benzene rings is 3. The molecule has 12 heteroatoms. The normalized spacial score (nSPS) is 15.0. The van der Waals surface area contributed by atoms with Crippen LogP contribution >= 0.6 is 0 Å². The van der Waals surface area contributed by atoms with Gasteiger partial charge in [-0.3, -0.25) is 10.2 Å². The van der Waals surface area contributed by atoms with Gasteiger partial charge < -0.3 is 25.4 Å². The van der Waals surface area contributed by atoms with Crippen LogP contribution in [0.15, 0.2) is 79.1 Å². The SMILES string of the molecule is CC(=O)N1CCCC(Nc2ncnc(N)c2C(=N)c2ccc(Oc3cccc(OCc4ccccc4C(F)(F)F)c3)cc2)C1. The maximum absolute atomic E-state index is 13.3. The third kappa shape index (κ3) is 7.25. The molecule has 4 aromatic rings. The van der Waals surface area contributed by atoms with Gasteiger partial charge in [0, 0.05) is 43.2 Å². The molecule has 3 aromatic carbocycles. The van der Waals surface area contributed by atoms with Crippen LogP contribution in [0.1, 0.15) is 42.0 Å². The molecular formula is C32H31F3N6O3. The van der Waals surface area contributed by atoms with Crippen molar-refractivity contribution in [3.63, 3.8) is 0 Å². The number of ether oxygens (including phenoxy) is 2. The molecule has 1 unspecified atom stereocenters. The summed E-state index contributed by atoms with van der Waals surface area (Å²) < 4.78 is 51.5. The van der Waals surface area contributed by atoms with E-state index in [0.29, 0.717) is 47.3 Å². The van der Waals surface area contributed by atoms with Crippen molar-refractivity contribution < 1.29 is 27.4 Å². The van der Waals surface area contributed by atoms with Crippen LogP contribution in [0.25, 0.3) is 0 Å². The van der Waals surface area contributed by atoms with Crippen molar-refractivity contribution in [1.82, 2.24) is 14.9 Å². The molecule has 1 aliphatic rings. The number of likely N-dealkylation sites (tertiary alicyclic amines) is 1. The van der Waals surface area contributed by atoms with Crippen molar-refractivity contribution in [2.75, 3.05) is 24.1 Å². The van der Waals surface area contributed by atoms with E-state index in [2.05, 4.69) is 15.3 Å². The van der Waals surface area contributed by atoms with Gasteiger partial charge >= 0.3 is 6.18 Å². The van der Waals surface area contributed by atoms with Crippen LogP contribution in [0.2, 0.25) is 0 Å². The van der Waals surface area contributed by atoms with Gasteiger partial charge in [0.05, 0.1) is 16.8 Å². The van der Waals surface area contributed by atoms with Gasteiger partial charge in [-0.05, 0) is 55.3 Å². The van der Waals surface area contributed by atoms with Gasteiger partial charge in [0.2, 0.25) is 5.91 Å². The number of amides is 1. The number of hydrogen-bond donors (Lipinski definition) is 3. The van der Waals surface area contributed by atoms with E-state index < -0.39 is 11.7 Å². The molecule has 0 aliphatic carbocycles. The van der Waals surface area contributed by atoms with E-state index in [1.54, 1.807) is 60.4 Å². The fourth-order valence-corrected chi connectivity index (χ4v) is 5.01. The van der Waals surface area contributed by atoms with Gasteiger partial charge in [0.15, 0.2) is 0 Å². The number of carbonyl (C=O) groups excluding carboxylic acids is 1. The lowest BCUT2D eigenvalue weighted by Gasteiger charge is -2.33. The minimum Gasteiger partial charge on any atom is -0.489 e. The number of hydrogen-bond acceptors (Lipinski definition) is 8. The zero-order valence-electron chi connectivity index (χ0n) is 23.9. The summed E-state index contributed by atoms with van der Waals surface area (Å²) >= 11 is 0. The Balaban J connectivity index is 1.26. The Kier molecular flexibility index (Phi) is 8.98. The van der Waals surface area contributed by atoms with Crippen molar-refractivity contribution in [3.05, 3.63) is 101 Å². The second-order valence-corrected chi connectivity index (χ2v) is 10.4. The molecule has 0 saturated carbocycles. The first-order chi connectivity index (χ1) is 21.1. The summed E-state index contributed by atoms with van der Waals surface area (Å²) in [5.74, 6) is 1.84. The van der Waals surface area contributed by atoms with Gasteiger partial charge in [-0.15, -0.1) is 0 Å². The van der Waals surface area contributed by atoms with Gasteiger partial charge in [-0.25, -0.2) is 9.97 Å². The van der Waals surface area contributed by atoms with E-state index >= 15 is 0 Å². The fourth-order valence-electron chi connectivity index (χ4n) is 5.01. The van der Waals surface area contributed by atoms with Crippen molar-refractivity contribution in [2.24, 2.45) is 0 Å². The number of nitrogen functional groups attached to an aromatic ring is 1. The minimum absolute atomic E-state index is 0.0138. The molecule has 0 radical (unpaired) electrons.